The van der Waals surface area contributed by atoms with Crippen LogP contribution < -0.4 is 10.2 Å². The number of halogens is 2. The van der Waals surface area contributed by atoms with E-state index in [2.05, 4.69) is 10.3 Å². The highest BCUT2D eigenvalue weighted by Gasteiger charge is 2.33. The van der Waals surface area contributed by atoms with Crippen molar-refractivity contribution in [1.29, 1.82) is 0 Å². The number of carbonyl (C=O) groups is 2. The minimum atomic E-state index is -1.21. The van der Waals surface area contributed by atoms with E-state index in [0.29, 0.717) is 41.6 Å². The number of benzene rings is 1. The SMILES string of the molecule is CCC(=O)N[C@H]1c2cncc(-c3cc4c(cc3F)N(C)C(=O)CC4)c2CC[C@H]1F. The van der Waals surface area contributed by atoms with Crippen molar-refractivity contribution >= 4 is 17.5 Å². The molecule has 4 rings (SSSR count). The summed E-state index contributed by atoms with van der Waals surface area (Å²) in [7, 11) is 1.65. The van der Waals surface area contributed by atoms with Crippen LogP contribution in [0, 0.1) is 5.82 Å². The van der Waals surface area contributed by atoms with Gasteiger partial charge in [0, 0.05) is 49.1 Å². The Balaban J connectivity index is 1.80. The van der Waals surface area contributed by atoms with Crippen LogP contribution in [-0.4, -0.2) is 30.0 Å². The number of hydrogen-bond acceptors (Lipinski definition) is 3. The maximum absolute atomic E-state index is 15.1. The van der Waals surface area contributed by atoms with E-state index in [1.165, 1.54) is 11.0 Å². The predicted octanol–water partition coefficient (Wildman–Crippen LogP) is 3.65. The number of pyridine rings is 1. The molecule has 1 aliphatic heterocycles. The van der Waals surface area contributed by atoms with E-state index in [0.717, 1.165) is 11.1 Å². The Morgan fingerprint density at radius 3 is 2.79 bits per heavy atom. The van der Waals surface area contributed by atoms with Crippen LogP contribution in [0.3, 0.4) is 0 Å². The van der Waals surface area contributed by atoms with E-state index in [4.69, 9.17) is 0 Å². The predicted molar refractivity (Wildman–Crippen MR) is 106 cm³/mol. The number of amides is 2. The molecule has 152 valence electrons. The van der Waals surface area contributed by atoms with E-state index in [1.54, 1.807) is 32.4 Å². The van der Waals surface area contributed by atoms with Gasteiger partial charge < -0.3 is 10.2 Å². The molecule has 0 saturated carbocycles. The fourth-order valence-electron chi connectivity index (χ4n) is 4.24. The van der Waals surface area contributed by atoms with Gasteiger partial charge in [0.2, 0.25) is 11.8 Å². The van der Waals surface area contributed by atoms with Gasteiger partial charge in [-0.15, -0.1) is 0 Å². The lowest BCUT2D eigenvalue weighted by atomic mass is 9.83. The summed E-state index contributed by atoms with van der Waals surface area (Å²) in [5, 5.41) is 2.74. The molecule has 5 nitrogen and oxygen atoms in total. The fraction of sp³-hybridized carbons (Fsp3) is 0.409. The highest BCUT2D eigenvalue weighted by molar-refractivity contribution is 5.96. The molecule has 0 fully saturated rings. The minimum Gasteiger partial charge on any atom is -0.346 e. The highest BCUT2D eigenvalue weighted by Crippen LogP contribution is 2.40. The first kappa shape index (κ1) is 19.5. The van der Waals surface area contributed by atoms with Crippen molar-refractivity contribution in [3.63, 3.8) is 0 Å². The van der Waals surface area contributed by atoms with Gasteiger partial charge in [0.05, 0.1) is 6.04 Å². The normalized spacial score (nSPS) is 20.8. The second kappa shape index (κ2) is 7.54. The van der Waals surface area contributed by atoms with Crippen molar-refractivity contribution in [3.8, 4) is 11.1 Å². The highest BCUT2D eigenvalue weighted by atomic mass is 19.1. The van der Waals surface area contributed by atoms with Gasteiger partial charge in [0.25, 0.3) is 0 Å². The third-order valence-electron chi connectivity index (χ3n) is 5.90. The molecule has 2 aliphatic rings. The summed E-state index contributed by atoms with van der Waals surface area (Å²) < 4.78 is 29.7. The van der Waals surface area contributed by atoms with E-state index >= 15 is 4.39 Å². The smallest absolute Gasteiger partial charge is 0.227 e. The molecule has 0 radical (unpaired) electrons. The third-order valence-corrected chi connectivity index (χ3v) is 5.90. The second-order valence-electron chi connectivity index (χ2n) is 7.62. The lowest BCUT2D eigenvalue weighted by molar-refractivity contribution is -0.122. The van der Waals surface area contributed by atoms with E-state index < -0.39 is 18.0 Å². The molecule has 0 spiro atoms. The maximum Gasteiger partial charge on any atom is 0.227 e. The molecule has 1 aromatic carbocycles. The topological polar surface area (TPSA) is 62.3 Å². The summed E-state index contributed by atoms with van der Waals surface area (Å²) in [6.45, 7) is 1.71. The van der Waals surface area contributed by atoms with Gasteiger partial charge in [0.15, 0.2) is 0 Å². The molecule has 0 unspecified atom stereocenters. The Bertz CT molecular complexity index is 992. The number of carbonyl (C=O) groups excluding carboxylic acids is 2. The first-order valence-electron chi connectivity index (χ1n) is 9.90. The summed E-state index contributed by atoms with van der Waals surface area (Å²) in [6.07, 6.45) is 3.85. The molecule has 1 N–H and O–H groups in total. The van der Waals surface area contributed by atoms with Crippen LogP contribution in [0.15, 0.2) is 24.5 Å². The quantitative estimate of drug-likeness (QED) is 0.857. The molecular weight excluding hydrogens is 376 g/mol. The van der Waals surface area contributed by atoms with Gasteiger partial charge in [-0.3, -0.25) is 14.6 Å². The molecule has 1 aliphatic carbocycles. The first-order valence-corrected chi connectivity index (χ1v) is 9.90. The molecule has 7 heteroatoms. The zero-order valence-electron chi connectivity index (χ0n) is 16.5. The average Bonchev–Trinajstić information content (AvgIpc) is 2.72. The van der Waals surface area contributed by atoms with Crippen molar-refractivity contribution in [1.82, 2.24) is 10.3 Å². The van der Waals surface area contributed by atoms with Gasteiger partial charge >= 0.3 is 0 Å². The van der Waals surface area contributed by atoms with Crippen molar-refractivity contribution in [2.24, 2.45) is 0 Å². The van der Waals surface area contributed by atoms with Crippen LogP contribution in [0.25, 0.3) is 11.1 Å². The van der Waals surface area contributed by atoms with Crippen molar-refractivity contribution < 1.29 is 18.4 Å². The standard InChI is InChI=1S/C22H23F2N3O2/c1-3-20(28)26-22-16-11-25-10-15(13(16)5-6-17(22)23)14-8-12-4-7-21(29)27(2)19(12)9-18(14)24/h8-11,17,22H,3-7H2,1-2H3,(H,26,28)/t17-,22+/m1/s1. The lowest BCUT2D eigenvalue weighted by Crippen LogP contribution is -2.37. The van der Waals surface area contributed by atoms with E-state index in [9.17, 15) is 14.0 Å². The third kappa shape index (κ3) is 3.39. The number of anilines is 1. The summed E-state index contributed by atoms with van der Waals surface area (Å²) >= 11 is 0. The molecule has 29 heavy (non-hydrogen) atoms. The number of alkyl halides is 1. The van der Waals surface area contributed by atoms with Crippen molar-refractivity contribution in [3.05, 3.63) is 47.0 Å². The molecule has 2 heterocycles. The Morgan fingerprint density at radius 2 is 2.03 bits per heavy atom. The number of nitrogens with zero attached hydrogens (tertiary/aromatic N) is 2. The van der Waals surface area contributed by atoms with E-state index in [-0.39, 0.29) is 24.7 Å². The lowest BCUT2D eigenvalue weighted by Gasteiger charge is -2.31. The number of aryl methyl sites for hydroxylation is 1. The zero-order valence-corrected chi connectivity index (χ0v) is 16.5. The number of aromatic nitrogens is 1. The molecule has 0 bridgehead atoms. The summed E-state index contributed by atoms with van der Waals surface area (Å²) in [5.41, 5.74) is 3.91. The van der Waals surface area contributed by atoms with Gasteiger partial charge in [-0.25, -0.2) is 8.78 Å². The van der Waals surface area contributed by atoms with E-state index in [1.807, 2.05) is 0 Å². The summed E-state index contributed by atoms with van der Waals surface area (Å²) in [6, 6.07) is 2.38. The number of nitrogens with one attached hydrogen (secondary N) is 1. The summed E-state index contributed by atoms with van der Waals surface area (Å²) in [5.74, 6) is -0.715. The average molecular weight is 399 g/mol. The van der Waals surface area contributed by atoms with Crippen LogP contribution in [-0.2, 0) is 22.4 Å². The number of fused-ring (bicyclic) bond motifs is 2. The van der Waals surface area contributed by atoms with Gasteiger partial charge in [-0.1, -0.05) is 6.92 Å². The molecule has 2 atom stereocenters. The maximum atomic E-state index is 15.1. The molecule has 1 aromatic heterocycles. The minimum absolute atomic E-state index is 0.0353. The first-order chi connectivity index (χ1) is 13.9. The Hall–Kier alpha value is -2.83. The van der Waals surface area contributed by atoms with Gasteiger partial charge in [0.1, 0.15) is 12.0 Å². The van der Waals surface area contributed by atoms with Crippen LogP contribution in [0.5, 0.6) is 0 Å². The van der Waals surface area contributed by atoms with Crippen molar-refractivity contribution in [2.75, 3.05) is 11.9 Å². The van der Waals surface area contributed by atoms with Crippen molar-refractivity contribution in [2.45, 2.75) is 51.2 Å². The Kier molecular flexibility index (Phi) is 5.06. The molecule has 2 aromatic rings. The zero-order chi connectivity index (χ0) is 20.7. The van der Waals surface area contributed by atoms with Crippen LogP contribution in [0.4, 0.5) is 14.5 Å². The van der Waals surface area contributed by atoms with Gasteiger partial charge in [-0.2, -0.15) is 0 Å². The number of hydrogen-bond donors (Lipinski definition) is 1. The molecule has 0 saturated heterocycles. The fourth-order valence-corrected chi connectivity index (χ4v) is 4.24. The second-order valence-corrected chi connectivity index (χ2v) is 7.62. The Morgan fingerprint density at radius 1 is 1.24 bits per heavy atom. The monoisotopic (exact) mass is 399 g/mol. The molecular formula is C22H23F2N3O2. The number of rotatable bonds is 3. The van der Waals surface area contributed by atoms with Crippen LogP contribution >= 0.6 is 0 Å². The van der Waals surface area contributed by atoms with Crippen LogP contribution in [0.2, 0.25) is 0 Å². The van der Waals surface area contributed by atoms with Crippen LogP contribution in [0.1, 0.15) is 48.9 Å². The summed E-state index contributed by atoms with van der Waals surface area (Å²) in [4.78, 5) is 29.5. The van der Waals surface area contributed by atoms with Gasteiger partial charge in [-0.05, 0) is 48.1 Å². The largest absolute Gasteiger partial charge is 0.346 e. The Labute approximate surface area is 168 Å². The molecule has 2 amide bonds.